The standard InChI is InChI=1S/C16H19FN2O2/c1-2-8-19-14-7-6-10(17)9-13(14)18-15(19)11-4-3-5-12(11)16(20)21/h6-7,9,11-12H,2-5,8H2,1H3,(H,20,21). The summed E-state index contributed by atoms with van der Waals surface area (Å²) in [5, 5.41) is 9.39. The van der Waals surface area contributed by atoms with Gasteiger partial charge in [0, 0.05) is 18.5 Å². The summed E-state index contributed by atoms with van der Waals surface area (Å²) >= 11 is 0. The Bertz CT molecular complexity index is 680. The summed E-state index contributed by atoms with van der Waals surface area (Å²) in [5.74, 6) is -0.690. The van der Waals surface area contributed by atoms with Crippen LogP contribution >= 0.6 is 0 Å². The van der Waals surface area contributed by atoms with Gasteiger partial charge in [0.05, 0.1) is 17.0 Å². The van der Waals surface area contributed by atoms with E-state index in [1.165, 1.54) is 12.1 Å². The lowest BCUT2D eigenvalue weighted by Crippen LogP contribution is -2.20. The van der Waals surface area contributed by atoms with Gasteiger partial charge in [-0.2, -0.15) is 0 Å². The molecule has 1 aromatic heterocycles. The van der Waals surface area contributed by atoms with Gasteiger partial charge in [-0.3, -0.25) is 4.79 Å². The summed E-state index contributed by atoms with van der Waals surface area (Å²) in [7, 11) is 0. The van der Waals surface area contributed by atoms with Gasteiger partial charge in [-0.25, -0.2) is 9.37 Å². The average Bonchev–Trinajstić information content (AvgIpc) is 3.03. The highest BCUT2D eigenvalue weighted by Gasteiger charge is 2.37. The Hall–Kier alpha value is -1.91. The number of fused-ring (bicyclic) bond motifs is 1. The van der Waals surface area contributed by atoms with E-state index in [9.17, 15) is 14.3 Å². The maximum absolute atomic E-state index is 13.4. The van der Waals surface area contributed by atoms with E-state index in [0.29, 0.717) is 11.9 Å². The van der Waals surface area contributed by atoms with Crippen molar-refractivity contribution in [2.75, 3.05) is 0 Å². The molecule has 2 atom stereocenters. The molecule has 2 aromatic rings. The second-order valence-electron chi connectivity index (χ2n) is 5.74. The Morgan fingerprint density at radius 1 is 1.48 bits per heavy atom. The molecule has 1 N–H and O–H groups in total. The number of aromatic nitrogens is 2. The van der Waals surface area contributed by atoms with Gasteiger partial charge in [0.1, 0.15) is 11.6 Å². The predicted molar refractivity (Wildman–Crippen MR) is 77.7 cm³/mol. The smallest absolute Gasteiger partial charge is 0.307 e. The van der Waals surface area contributed by atoms with Gasteiger partial charge in [0.25, 0.3) is 0 Å². The molecule has 2 unspecified atom stereocenters. The van der Waals surface area contributed by atoms with Gasteiger partial charge >= 0.3 is 5.97 Å². The zero-order valence-electron chi connectivity index (χ0n) is 12.1. The molecule has 0 spiro atoms. The molecule has 1 aliphatic carbocycles. The maximum atomic E-state index is 13.4. The number of halogens is 1. The van der Waals surface area contributed by atoms with Crippen molar-refractivity contribution in [3.05, 3.63) is 29.8 Å². The molecule has 1 aromatic carbocycles. The van der Waals surface area contributed by atoms with Gasteiger partial charge in [0.15, 0.2) is 0 Å². The Kier molecular flexibility index (Phi) is 3.66. The number of hydrogen-bond donors (Lipinski definition) is 1. The second-order valence-corrected chi connectivity index (χ2v) is 5.74. The monoisotopic (exact) mass is 290 g/mol. The van der Waals surface area contributed by atoms with Crippen molar-refractivity contribution in [1.29, 1.82) is 0 Å². The van der Waals surface area contributed by atoms with E-state index in [1.807, 2.05) is 0 Å². The molecule has 0 saturated heterocycles. The molecule has 1 heterocycles. The summed E-state index contributed by atoms with van der Waals surface area (Å²) in [6.45, 7) is 2.85. The number of rotatable bonds is 4. The van der Waals surface area contributed by atoms with E-state index in [-0.39, 0.29) is 17.7 Å². The number of benzene rings is 1. The number of carboxylic acid groups (broad SMARTS) is 1. The fourth-order valence-corrected chi connectivity index (χ4v) is 3.43. The fourth-order valence-electron chi connectivity index (χ4n) is 3.43. The van der Waals surface area contributed by atoms with Gasteiger partial charge in [-0.15, -0.1) is 0 Å². The molecule has 112 valence electrons. The van der Waals surface area contributed by atoms with Crippen LogP contribution in [0.3, 0.4) is 0 Å². The molecule has 3 rings (SSSR count). The molecular weight excluding hydrogens is 271 g/mol. The number of hydrogen-bond acceptors (Lipinski definition) is 2. The van der Waals surface area contributed by atoms with Gasteiger partial charge in [-0.1, -0.05) is 13.3 Å². The first-order chi connectivity index (χ1) is 10.1. The molecule has 4 nitrogen and oxygen atoms in total. The molecule has 1 aliphatic rings. The second kappa shape index (κ2) is 5.47. The third-order valence-electron chi connectivity index (χ3n) is 4.35. The minimum absolute atomic E-state index is 0.0653. The average molecular weight is 290 g/mol. The van der Waals surface area contributed by atoms with Gasteiger partial charge in [-0.05, 0) is 31.4 Å². The molecule has 1 fully saturated rings. The van der Waals surface area contributed by atoms with Crippen molar-refractivity contribution in [3.8, 4) is 0 Å². The third-order valence-corrected chi connectivity index (χ3v) is 4.35. The van der Waals surface area contributed by atoms with E-state index >= 15 is 0 Å². The molecule has 1 saturated carbocycles. The number of nitrogens with zero attached hydrogens (tertiary/aromatic N) is 2. The molecule has 5 heteroatoms. The summed E-state index contributed by atoms with van der Waals surface area (Å²) < 4.78 is 15.5. The molecule has 0 amide bonds. The van der Waals surface area contributed by atoms with Crippen LogP contribution < -0.4 is 0 Å². The van der Waals surface area contributed by atoms with Gasteiger partial charge in [0.2, 0.25) is 0 Å². The molecular formula is C16H19FN2O2. The van der Waals surface area contributed by atoms with E-state index in [1.54, 1.807) is 6.07 Å². The Morgan fingerprint density at radius 2 is 2.29 bits per heavy atom. The first kappa shape index (κ1) is 14.0. The minimum Gasteiger partial charge on any atom is -0.481 e. The largest absolute Gasteiger partial charge is 0.481 e. The number of imidazole rings is 1. The van der Waals surface area contributed by atoms with Crippen LogP contribution in [0.15, 0.2) is 18.2 Å². The lowest BCUT2D eigenvalue weighted by atomic mass is 9.95. The lowest BCUT2D eigenvalue weighted by Gasteiger charge is -2.17. The quantitative estimate of drug-likeness (QED) is 0.936. The van der Waals surface area contributed by atoms with Crippen LogP contribution in [0.2, 0.25) is 0 Å². The highest BCUT2D eigenvalue weighted by atomic mass is 19.1. The van der Waals surface area contributed by atoms with Crippen LogP contribution in [0.25, 0.3) is 11.0 Å². The van der Waals surface area contributed by atoms with E-state index in [2.05, 4.69) is 16.5 Å². The van der Waals surface area contributed by atoms with Crippen LogP contribution in [0, 0.1) is 11.7 Å². The van der Waals surface area contributed by atoms with Crippen molar-refractivity contribution in [3.63, 3.8) is 0 Å². The number of carboxylic acids is 1. The van der Waals surface area contributed by atoms with E-state index in [4.69, 9.17) is 0 Å². The maximum Gasteiger partial charge on any atom is 0.307 e. The Morgan fingerprint density at radius 3 is 3.00 bits per heavy atom. The first-order valence-electron chi connectivity index (χ1n) is 7.50. The summed E-state index contributed by atoms with van der Waals surface area (Å²) in [6, 6.07) is 4.60. The van der Waals surface area contributed by atoms with Crippen LogP contribution in [-0.4, -0.2) is 20.6 Å². The lowest BCUT2D eigenvalue weighted by molar-refractivity contribution is -0.142. The number of aryl methyl sites for hydroxylation is 1. The van der Waals surface area contributed by atoms with E-state index in [0.717, 1.165) is 37.1 Å². The Labute approximate surface area is 122 Å². The summed E-state index contributed by atoms with van der Waals surface area (Å²) in [4.78, 5) is 16.0. The van der Waals surface area contributed by atoms with E-state index < -0.39 is 5.97 Å². The summed E-state index contributed by atoms with van der Waals surface area (Å²) in [5.41, 5.74) is 1.51. The van der Waals surface area contributed by atoms with Gasteiger partial charge < -0.3 is 9.67 Å². The fraction of sp³-hybridized carbons (Fsp3) is 0.500. The summed E-state index contributed by atoms with van der Waals surface area (Å²) in [6.07, 6.45) is 3.38. The van der Waals surface area contributed by atoms with Crippen LogP contribution in [0.4, 0.5) is 4.39 Å². The molecule has 0 bridgehead atoms. The number of carbonyl (C=O) groups is 1. The Balaban J connectivity index is 2.12. The highest BCUT2D eigenvalue weighted by molar-refractivity contribution is 5.77. The predicted octanol–water partition coefficient (Wildman–Crippen LogP) is 3.55. The molecule has 0 aliphatic heterocycles. The zero-order valence-corrected chi connectivity index (χ0v) is 12.1. The minimum atomic E-state index is -0.751. The first-order valence-corrected chi connectivity index (χ1v) is 7.50. The zero-order chi connectivity index (χ0) is 15.0. The highest BCUT2D eigenvalue weighted by Crippen LogP contribution is 2.40. The van der Waals surface area contributed by atoms with Crippen molar-refractivity contribution in [1.82, 2.24) is 9.55 Å². The van der Waals surface area contributed by atoms with Crippen LogP contribution in [0.1, 0.15) is 44.3 Å². The third kappa shape index (κ3) is 2.41. The van der Waals surface area contributed by atoms with Crippen molar-refractivity contribution in [2.24, 2.45) is 5.92 Å². The molecule has 21 heavy (non-hydrogen) atoms. The topological polar surface area (TPSA) is 55.1 Å². The van der Waals surface area contributed by atoms with Crippen molar-refractivity contribution < 1.29 is 14.3 Å². The van der Waals surface area contributed by atoms with Crippen LogP contribution in [-0.2, 0) is 11.3 Å². The van der Waals surface area contributed by atoms with Crippen LogP contribution in [0.5, 0.6) is 0 Å². The molecule has 0 radical (unpaired) electrons. The SMILES string of the molecule is CCCn1c(C2CCCC2C(=O)O)nc2cc(F)ccc21. The normalized spacial score (nSPS) is 22.0. The van der Waals surface area contributed by atoms with Crippen molar-refractivity contribution >= 4 is 17.0 Å². The van der Waals surface area contributed by atoms with Crippen molar-refractivity contribution in [2.45, 2.75) is 45.1 Å². The number of aliphatic carboxylic acids is 1.